The van der Waals surface area contributed by atoms with Crippen molar-refractivity contribution >= 4 is 0 Å². The van der Waals surface area contributed by atoms with Crippen LogP contribution in [0.3, 0.4) is 0 Å². The molecule has 3 rings (SSSR count). The molecule has 0 aliphatic carbocycles. The minimum Gasteiger partial charge on any atom is -0.493 e. The van der Waals surface area contributed by atoms with E-state index in [2.05, 4.69) is 41.5 Å². The Morgan fingerprint density at radius 2 is 2.09 bits per heavy atom. The molecule has 1 aromatic heterocycles. The summed E-state index contributed by atoms with van der Waals surface area (Å²) < 4.78 is 11.2. The smallest absolute Gasteiger partial charge is 0.161 e. The highest BCUT2D eigenvalue weighted by Crippen LogP contribution is 2.37. The average Bonchev–Trinajstić information content (AvgIpc) is 2.61. The predicted molar refractivity (Wildman–Crippen MR) is 91.3 cm³/mol. The van der Waals surface area contributed by atoms with Crippen LogP contribution in [-0.4, -0.2) is 25.2 Å². The Hall–Kier alpha value is -2.07. The second-order valence-electron chi connectivity index (χ2n) is 5.72. The van der Waals surface area contributed by atoms with E-state index in [9.17, 15) is 0 Å². The summed E-state index contributed by atoms with van der Waals surface area (Å²) in [7, 11) is 1.69. The lowest BCUT2D eigenvalue weighted by atomic mass is 9.91. The number of nitrogens with zero attached hydrogens (tertiary/aromatic N) is 1. The van der Waals surface area contributed by atoms with Crippen molar-refractivity contribution in [3.8, 4) is 11.5 Å². The molecule has 1 N–H and O–H groups in total. The van der Waals surface area contributed by atoms with Gasteiger partial charge in [-0.15, -0.1) is 0 Å². The molecule has 23 heavy (non-hydrogen) atoms. The molecule has 2 heterocycles. The quantitative estimate of drug-likeness (QED) is 0.920. The van der Waals surface area contributed by atoms with Gasteiger partial charge in [-0.1, -0.05) is 13.0 Å². The van der Waals surface area contributed by atoms with Gasteiger partial charge in [-0.25, -0.2) is 0 Å². The number of ether oxygens (including phenoxy) is 2. The Balaban J connectivity index is 2.01. The van der Waals surface area contributed by atoms with Crippen LogP contribution in [0.25, 0.3) is 0 Å². The second-order valence-corrected chi connectivity index (χ2v) is 5.72. The molecule has 0 fully saturated rings. The van der Waals surface area contributed by atoms with Crippen molar-refractivity contribution in [2.75, 3.05) is 20.3 Å². The molecule has 0 saturated heterocycles. The van der Waals surface area contributed by atoms with Crippen LogP contribution in [-0.2, 0) is 12.8 Å². The van der Waals surface area contributed by atoms with E-state index in [1.165, 1.54) is 16.7 Å². The number of methoxy groups -OCH3 is 1. The molecule has 1 atom stereocenters. The summed E-state index contributed by atoms with van der Waals surface area (Å²) in [6.45, 7) is 5.69. The molecule has 0 saturated carbocycles. The van der Waals surface area contributed by atoms with Crippen LogP contribution >= 0.6 is 0 Å². The normalized spacial score (nSPS) is 16.7. The summed E-state index contributed by atoms with van der Waals surface area (Å²) in [5.41, 5.74) is 4.85. The van der Waals surface area contributed by atoms with Crippen molar-refractivity contribution in [2.24, 2.45) is 0 Å². The van der Waals surface area contributed by atoms with E-state index in [1.807, 2.05) is 13.1 Å². The standard InChI is InChI=1S/C19H24N2O2/c1-4-13-6-7-16(21-12-13)19-15-11-18(23-5-2)17(22-3)10-14(15)8-9-20-19/h6-7,10-12,19-20H,4-5,8-9H2,1-3H3. The van der Waals surface area contributed by atoms with Crippen LogP contribution in [0.4, 0.5) is 0 Å². The maximum atomic E-state index is 5.74. The first-order valence-electron chi connectivity index (χ1n) is 8.28. The number of nitrogens with one attached hydrogen (secondary N) is 1. The van der Waals surface area contributed by atoms with Crippen LogP contribution in [0, 0.1) is 0 Å². The average molecular weight is 312 g/mol. The Labute approximate surface area is 137 Å². The summed E-state index contributed by atoms with van der Waals surface area (Å²) in [6, 6.07) is 8.59. The molecule has 0 bridgehead atoms. The number of benzene rings is 1. The lowest BCUT2D eigenvalue weighted by Crippen LogP contribution is -2.31. The third-order valence-electron chi connectivity index (χ3n) is 4.33. The molecule has 0 spiro atoms. The van der Waals surface area contributed by atoms with Gasteiger partial charge in [0.05, 0.1) is 25.5 Å². The number of hydrogen-bond acceptors (Lipinski definition) is 4. The first-order valence-corrected chi connectivity index (χ1v) is 8.28. The van der Waals surface area contributed by atoms with Crippen LogP contribution < -0.4 is 14.8 Å². The van der Waals surface area contributed by atoms with Gasteiger partial charge in [0.2, 0.25) is 0 Å². The molecule has 0 radical (unpaired) electrons. The maximum absolute atomic E-state index is 5.74. The van der Waals surface area contributed by atoms with Crippen molar-refractivity contribution in [3.63, 3.8) is 0 Å². The van der Waals surface area contributed by atoms with Gasteiger partial charge in [-0.3, -0.25) is 4.98 Å². The highest BCUT2D eigenvalue weighted by atomic mass is 16.5. The van der Waals surface area contributed by atoms with Crippen molar-refractivity contribution in [1.82, 2.24) is 10.3 Å². The highest BCUT2D eigenvalue weighted by Gasteiger charge is 2.24. The first kappa shape index (κ1) is 15.8. The first-order chi connectivity index (χ1) is 11.3. The van der Waals surface area contributed by atoms with E-state index >= 15 is 0 Å². The molecule has 122 valence electrons. The van der Waals surface area contributed by atoms with E-state index in [0.717, 1.165) is 36.6 Å². The van der Waals surface area contributed by atoms with E-state index in [1.54, 1.807) is 7.11 Å². The van der Waals surface area contributed by atoms with Gasteiger partial charge in [0.1, 0.15) is 0 Å². The van der Waals surface area contributed by atoms with Gasteiger partial charge in [0, 0.05) is 12.7 Å². The van der Waals surface area contributed by atoms with Crippen molar-refractivity contribution < 1.29 is 9.47 Å². The van der Waals surface area contributed by atoms with Gasteiger partial charge >= 0.3 is 0 Å². The largest absolute Gasteiger partial charge is 0.493 e. The van der Waals surface area contributed by atoms with Crippen LogP contribution in [0.2, 0.25) is 0 Å². The number of pyridine rings is 1. The molecular formula is C19H24N2O2. The zero-order valence-electron chi connectivity index (χ0n) is 14.1. The van der Waals surface area contributed by atoms with Gasteiger partial charge in [-0.2, -0.15) is 0 Å². The molecule has 4 nitrogen and oxygen atoms in total. The molecule has 1 aliphatic heterocycles. The monoisotopic (exact) mass is 312 g/mol. The Kier molecular flexibility index (Phi) is 4.82. The van der Waals surface area contributed by atoms with E-state index in [4.69, 9.17) is 9.47 Å². The zero-order chi connectivity index (χ0) is 16.2. The van der Waals surface area contributed by atoms with Gasteiger partial charge < -0.3 is 14.8 Å². The number of aromatic nitrogens is 1. The molecular weight excluding hydrogens is 288 g/mol. The van der Waals surface area contributed by atoms with Crippen LogP contribution in [0.15, 0.2) is 30.5 Å². The summed E-state index contributed by atoms with van der Waals surface area (Å²) in [5, 5.41) is 3.58. The predicted octanol–water partition coefficient (Wildman–Crippen LogP) is 3.29. The SMILES string of the molecule is CCOc1cc2c(cc1OC)CCNC2c1ccc(CC)cn1. The molecule has 1 aromatic carbocycles. The van der Waals surface area contributed by atoms with E-state index in [-0.39, 0.29) is 6.04 Å². The van der Waals surface area contributed by atoms with Crippen molar-refractivity contribution in [2.45, 2.75) is 32.7 Å². The number of fused-ring (bicyclic) bond motifs is 1. The van der Waals surface area contributed by atoms with Gasteiger partial charge in [0.15, 0.2) is 11.5 Å². The highest BCUT2D eigenvalue weighted by molar-refractivity contribution is 5.51. The third kappa shape index (κ3) is 3.17. The molecule has 0 amide bonds. The minimum atomic E-state index is 0.106. The van der Waals surface area contributed by atoms with Crippen molar-refractivity contribution in [3.05, 3.63) is 52.8 Å². The fraction of sp³-hybridized carbons (Fsp3) is 0.421. The Morgan fingerprint density at radius 1 is 1.22 bits per heavy atom. The van der Waals surface area contributed by atoms with E-state index in [0.29, 0.717) is 6.61 Å². The van der Waals surface area contributed by atoms with Crippen LogP contribution in [0.5, 0.6) is 11.5 Å². The van der Waals surface area contributed by atoms with Gasteiger partial charge in [0.25, 0.3) is 0 Å². The van der Waals surface area contributed by atoms with E-state index < -0.39 is 0 Å². The number of hydrogen-bond donors (Lipinski definition) is 1. The molecule has 1 unspecified atom stereocenters. The lowest BCUT2D eigenvalue weighted by Gasteiger charge is -2.28. The maximum Gasteiger partial charge on any atom is 0.161 e. The van der Waals surface area contributed by atoms with Gasteiger partial charge in [-0.05, 0) is 54.7 Å². The third-order valence-corrected chi connectivity index (χ3v) is 4.33. The summed E-state index contributed by atoms with van der Waals surface area (Å²) in [5.74, 6) is 1.60. The molecule has 4 heteroatoms. The lowest BCUT2D eigenvalue weighted by molar-refractivity contribution is 0.309. The fourth-order valence-electron chi connectivity index (χ4n) is 3.07. The molecule has 2 aromatic rings. The Bertz CT molecular complexity index is 668. The minimum absolute atomic E-state index is 0.106. The molecule has 1 aliphatic rings. The number of rotatable bonds is 5. The second kappa shape index (κ2) is 7.01. The fourth-order valence-corrected chi connectivity index (χ4v) is 3.07. The Morgan fingerprint density at radius 3 is 2.74 bits per heavy atom. The zero-order valence-corrected chi connectivity index (χ0v) is 14.1. The summed E-state index contributed by atoms with van der Waals surface area (Å²) in [4.78, 5) is 4.66. The van der Waals surface area contributed by atoms with Crippen molar-refractivity contribution in [1.29, 1.82) is 0 Å². The number of aryl methyl sites for hydroxylation is 1. The topological polar surface area (TPSA) is 43.4 Å². The summed E-state index contributed by atoms with van der Waals surface area (Å²) in [6.07, 6.45) is 3.97. The van der Waals surface area contributed by atoms with Crippen LogP contribution in [0.1, 0.15) is 42.3 Å². The summed E-state index contributed by atoms with van der Waals surface area (Å²) >= 11 is 0.